The molecule has 1 unspecified atom stereocenters. The van der Waals surface area contributed by atoms with Gasteiger partial charge in [-0.1, -0.05) is 13.8 Å². The maximum absolute atomic E-state index is 13.7. The summed E-state index contributed by atoms with van der Waals surface area (Å²) < 4.78 is 26.9. The first-order valence-corrected chi connectivity index (χ1v) is 6.63. The Balaban J connectivity index is 2.28. The van der Waals surface area contributed by atoms with Crippen LogP contribution >= 0.6 is 0 Å². The van der Waals surface area contributed by atoms with Crippen molar-refractivity contribution in [1.82, 2.24) is 5.32 Å². The first-order chi connectivity index (χ1) is 8.93. The summed E-state index contributed by atoms with van der Waals surface area (Å²) in [6.07, 6.45) is 1.94. The Morgan fingerprint density at radius 2 is 2.11 bits per heavy atom. The Morgan fingerprint density at radius 1 is 1.37 bits per heavy atom. The van der Waals surface area contributed by atoms with Crippen LogP contribution in [0.15, 0.2) is 18.2 Å². The van der Waals surface area contributed by atoms with Crippen LogP contribution in [0.2, 0.25) is 0 Å². The van der Waals surface area contributed by atoms with Gasteiger partial charge in [0, 0.05) is 5.41 Å². The SMILES string of the molecule is CC(C)(C(=O)c1cc(F)ccc1F)C1CCCNC1. The van der Waals surface area contributed by atoms with Gasteiger partial charge in [-0.05, 0) is 50.0 Å². The zero-order chi connectivity index (χ0) is 14.0. The van der Waals surface area contributed by atoms with Gasteiger partial charge in [0.15, 0.2) is 5.78 Å². The molecule has 0 radical (unpaired) electrons. The molecule has 1 aliphatic heterocycles. The standard InChI is InChI=1S/C15H19F2NO/c1-15(2,10-4-3-7-18-9-10)14(19)12-8-11(16)5-6-13(12)17/h5-6,8,10,18H,3-4,7,9H2,1-2H3. The van der Waals surface area contributed by atoms with E-state index in [0.29, 0.717) is 0 Å². The smallest absolute Gasteiger partial charge is 0.171 e. The molecule has 1 N–H and O–H groups in total. The minimum absolute atomic E-state index is 0.143. The number of carbonyl (C=O) groups excluding carboxylic acids is 1. The van der Waals surface area contributed by atoms with Crippen molar-refractivity contribution >= 4 is 5.78 Å². The second kappa shape index (κ2) is 5.37. The Bertz CT molecular complexity index is 479. The molecule has 1 fully saturated rings. The van der Waals surface area contributed by atoms with Crippen molar-refractivity contribution in [2.45, 2.75) is 26.7 Å². The predicted octanol–water partition coefficient (Wildman–Crippen LogP) is 3.17. The maximum Gasteiger partial charge on any atom is 0.171 e. The molecule has 0 aliphatic carbocycles. The average Bonchev–Trinajstić information content (AvgIpc) is 2.41. The van der Waals surface area contributed by atoms with Crippen LogP contribution in [0.4, 0.5) is 8.78 Å². The van der Waals surface area contributed by atoms with Crippen molar-refractivity contribution < 1.29 is 13.6 Å². The third-order valence-corrected chi connectivity index (χ3v) is 4.08. The van der Waals surface area contributed by atoms with Crippen molar-refractivity contribution in [2.75, 3.05) is 13.1 Å². The molecule has 1 atom stereocenters. The summed E-state index contributed by atoms with van der Waals surface area (Å²) in [6, 6.07) is 3.04. The Hall–Kier alpha value is -1.29. The van der Waals surface area contributed by atoms with Crippen molar-refractivity contribution in [3.8, 4) is 0 Å². The largest absolute Gasteiger partial charge is 0.316 e. The number of hydrogen-bond donors (Lipinski definition) is 1. The van der Waals surface area contributed by atoms with Gasteiger partial charge in [0.25, 0.3) is 0 Å². The molecule has 1 aromatic rings. The molecule has 0 bridgehead atoms. The minimum atomic E-state index is -0.692. The minimum Gasteiger partial charge on any atom is -0.316 e. The summed E-state index contributed by atoms with van der Waals surface area (Å²) in [7, 11) is 0. The van der Waals surface area contributed by atoms with Crippen LogP contribution < -0.4 is 5.32 Å². The van der Waals surface area contributed by atoms with Crippen LogP contribution in [0, 0.1) is 23.0 Å². The normalized spacial score (nSPS) is 20.3. The fourth-order valence-corrected chi connectivity index (χ4v) is 2.67. The molecule has 2 rings (SSSR count). The number of piperidine rings is 1. The van der Waals surface area contributed by atoms with Gasteiger partial charge in [0.1, 0.15) is 11.6 Å². The summed E-state index contributed by atoms with van der Waals surface area (Å²) in [5, 5.41) is 3.25. The first-order valence-electron chi connectivity index (χ1n) is 6.63. The highest BCUT2D eigenvalue weighted by molar-refractivity contribution is 6.00. The predicted molar refractivity (Wildman–Crippen MR) is 70.1 cm³/mol. The molecule has 1 aliphatic rings. The molecule has 2 nitrogen and oxygen atoms in total. The Morgan fingerprint density at radius 3 is 2.74 bits per heavy atom. The topological polar surface area (TPSA) is 29.1 Å². The van der Waals surface area contributed by atoms with E-state index in [-0.39, 0.29) is 17.3 Å². The third kappa shape index (κ3) is 2.84. The fraction of sp³-hybridized carbons (Fsp3) is 0.533. The number of Topliss-reactive ketones (excluding diaryl/α,β-unsaturated/α-hetero) is 1. The first kappa shape index (κ1) is 14.1. The lowest BCUT2D eigenvalue weighted by atomic mass is 9.70. The van der Waals surface area contributed by atoms with Crippen molar-refractivity contribution in [3.63, 3.8) is 0 Å². The summed E-state index contributed by atoms with van der Waals surface area (Å²) >= 11 is 0. The average molecular weight is 267 g/mol. The van der Waals surface area contributed by atoms with Gasteiger partial charge in [-0.15, -0.1) is 0 Å². The number of benzene rings is 1. The van der Waals surface area contributed by atoms with Gasteiger partial charge >= 0.3 is 0 Å². The third-order valence-electron chi connectivity index (χ3n) is 4.08. The molecule has 1 saturated heterocycles. The summed E-state index contributed by atoms with van der Waals surface area (Å²) in [6.45, 7) is 5.33. The lowest BCUT2D eigenvalue weighted by Crippen LogP contribution is -2.42. The second-order valence-electron chi connectivity index (χ2n) is 5.72. The summed E-state index contributed by atoms with van der Waals surface area (Å²) in [4.78, 5) is 12.5. The number of nitrogens with one attached hydrogen (secondary N) is 1. The van der Waals surface area contributed by atoms with Crippen LogP contribution in [-0.4, -0.2) is 18.9 Å². The number of hydrogen-bond acceptors (Lipinski definition) is 2. The van der Waals surface area contributed by atoms with Crippen LogP contribution in [0.25, 0.3) is 0 Å². The van der Waals surface area contributed by atoms with Crippen molar-refractivity contribution in [1.29, 1.82) is 0 Å². The van der Waals surface area contributed by atoms with Gasteiger partial charge in [0.05, 0.1) is 5.56 Å². The molecule has 19 heavy (non-hydrogen) atoms. The lowest BCUT2D eigenvalue weighted by molar-refractivity contribution is 0.0703. The zero-order valence-electron chi connectivity index (χ0n) is 11.3. The number of carbonyl (C=O) groups is 1. The van der Waals surface area contributed by atoms with E-state index in [9.17, 15) is 13.6 Å². The van der Waals surface area contributed by atoms with E-state index in [0.717, 1.165) is 44.1 Å². The van der Waals surface area contributed by atoms with Crippen LogP contribution in [-0.2, 0) is 0 Å². The molecular weight excluding hydrogens is 248 g/mol. The monoisotopic (exact) mass is 267 g/mol. The van der Waals surface area contributed by atoms with Gasteiger partial charge in [-0.25, -0.2) is 8.78 Å². The highest BCUT2D eigenvalue weighted by Gasteiger charge is 2.38. The quantitative estimate of drug-likeness (QED) is 0.852. The van der Waals surface area contributed by atoms with E-state index < -0.39 is 17.0 Å². The molecule has 4 heteroatoms. The van der Waals surface area contributed by atoms with Crippen molar-refractivity contribution in [3.05, 3.63) is 35.4 Å². The molecule has 104 valence electrons. The second-order valence-corrected chi connectivity index (χ2v) is 5.72. The molecule has 0 aromatic heterocycles. The molecule has 0 saturated carbocycles. The number of rotatable bonds is 3. The van der Waals surface area contributed by atoms with E-state index in [4.69, 9.17) is 0 Å². The summed E-state index contributed by atoms with van der Waals surface area (Å²) in [5.41, 5.74) is -0.835. The van der Waals surface area contributed by atoms with E-state index in [1.807, 2.05) is 13.8 Å². The lowest BCUT2D eigenvalue weighted by Gasteiger charge is -2.36. The van der Waals surface area contributed by atoms with E-state index >= 15 is 0 Å². The molecule has 1 aromatic carbocycles. The zero-order valence-corrected chi connectivity index (χ0v) is 11.3. The molecule has 0 amide bonds. The number of halogens is 2. The molecular formula is C15H19F2NO. The van der Waals surface area contributed by atoms with Gasteiger partial charge in [-0.3, -0.25) is 4.79 Å². The van der Waals surface area contributed by atoms with Crippen LogP contribution in [0.1, 0.15) is 37.0 Å². The molecule has 0 spiro atoms. The van der Waals surface area contributed by atoms with Crippen LogP contribution in [0.3, 0.4) is 0 Å². The van der Waals surface area contributed by atoms with E-state index in [2.05, 4.69) is 5.32 Å². The van der Waals surface area contributed by atoms with Gasteiger partial charge in [-0.2, -0.15) is 0 Å². The van der Waals surface area contributed by atoms with Gasteiger partial charge in [0.2, 0.25) is 0 Å². The Kier molecular flexibility index (Phi) is 3.99. The van der Waals surface area contributed by atoms with Crippen LogP contribution in [0.5, 0.6) is 0 Å². The highest BCUT2D eigenvalue weighted by atomic mass is 19.1. The number of ketones is 1. The van der Waals surface area contributed by atoms with Crippen molar-refractivity contribution in [2.24, 2.45) is 11.3 Å². The fourth-order valence-electron chi connectivity index (χ4n) is 2.67. The van der Waals surface area contributed by atoms with Gasteiger partial charge < -0.3 is 5.32 Å². The van der Waals surface area contributed by atoms with E-state index in [1.165, 1.54) is 0 Å². The van der Waals surface area contributed by atoms with E-state index in [1.54, 1.807) is 0 Å². The molecule has 1 heterocycles. The maximum atomic E-state index is 13.7. The summed E-state index contributed by atoms with van der Waals surface area (Å²) in [5.74, 6) is -1.40. The Labute approximate surface area is 112 Å². The highest BCUT2D eigenvalue weighted by Crippen LogP contribution is 2.35.